The number of aromatic nitrogens is 1. The standard InChI is InChI=1S/C26H25NO/c1-4-19-17-26(27-25-15-6-18(3)16-24(19)25)22-9-7-20(8-10-22)21-11-13-23(14-12-21)28-5-2/h6-17H,4-5H2,1-3H3. The molecular formula is C26H25NO. The molecule has 2 nitrogen and oxygen atoms in total. The quantitative estimate of drug-likeness (QED) is 0.385. The summed E-state index contributed by atoms with van der Waals surface area (Å²) in [5.74, 6) is 0.908. The number of hydrogen-bond acceptors (Lipinski definition) is 2. The van der Waals surface area contributed by atoms with Gasteiger partial charge in [-0.15, -0.1) is 0 Å². The van der Waals surface area contributed by atoms with Gasteiger partial charge in [-0.05, 0) is 67.3 Å². The highest BCUT2D eigenvalue weighted by Crippen LogP contribution is 2.29. The summed E-state index contributed by atoms with van der Waals surface area (Å²) in [4.78, 5) is 4.91. The van der Waals surface area contributed by atoms with Crippen molar-refractivity contribution in [1.82, 2.24) is 4.98 Å². The summed E-state index contributed by atoms with van der Waals surface area (Å²) in [6.07, 6.45) is 1.000. The van der Waals surface area contributed by atoms with E-state index >= 15 is 0 Å². The Balaban J connectivity index is 1.67. The largest absolute Gasteiger partial charge is 0.494 e. The van der Waals surface area contributed by atoms with Gasteiger partial charge in [0.2, 0.25) is 0 Å². The van der Waals surface area contributed by atoms with Crippen molar-refractivity contribution in [2.75, 3.05) is 6.61 Å². The summed E-state index contributed by atoms with van der Waals surface area (Å²) in [5.41, 5.74) is 8.25. The fraction of sp³-hybridized carbons (Fsp3) is 0.192. The Morgan fingerprint density at radius 3 is 2.04 bits per heavy atom. The van der Waals surface area contributed by atoms with Crippen molar-refractivity contribution in [2.45, 2.75) is 27.2 Å². The van der Waals surface area contributed by atoms with Gasteiger partial charge < -0.3 is 4.74 Å². The van der Waals surface area contributed by atoms with Crippen molar-refractivity contribution in [1.29, 1.82) is 0 Å². The molecule has 3 aromatic carbocycles. The third-order valence-corrected chi connectivity index (χ3v) is 5.11. The first-order valence-corrected chi connectivity index (χ1v) is 9.92. The number of rotatable bonds is 5. The van der Waals surface area contributed by atoms with Crippen LogP contribution in [0.3, 0.4) is 0 Å². The second-order valence-corrected chi connectivity index (χ2v) is 7.08. The van der Waals surface area contributed by atoms with Gasteiger partial charge in [-0.25, -0.2) is 4.98 Å². The Morgan fingerprint density at radius 2 is 1.39 bits per heavy atom. The van der Waals surface area contributed by atoms with Crippen LogP contribution in [0, 0.1) is 6.92 Å². The third kappa shape index (κ3) is 3.63. The molecular weight excluding hydrogens is 342 g/mol. The van der Waals surface area contributed by atoms with E-state index in [1.54, 1.807) is 0 Å². The minimum Gasteiger partial charge on any atom is -0.494 e. The summed E-state index contributed by atoms with van der Waals surface area (Å²) in [5, 5.41) is 1.26. The number of pyridine rings is 1. The maximum absolute atomic E-state index is 5.53. The zero-order chi connectivity index (χ0) is 19.5. The van der Waals surface area contributed by atoms with Crippen molar-refractivity contribution in [2.24, 2.45) is 0 Å². The molecule has 0 fully saturated rings. The normalized spacial score (nSPS) is 11.0. The lowest BCUT2D eigenvalue weighted by Gasteiger charge is -2.10. The maximum atomic E-state index is 5.53. The van der Waals surface area contributed by atoms with Gasteiger partial charge in [0, 0.05) is 10.9 Å². The lowest BCUT2D eigenvalue weighted by molar-refractivity contribution is 0.340. The molecule has 0 bridgehead atoms. The lowest BCUT2D eigenvalue weighted by Crippen LogP contribution is -1.92. The topological polar surface area (TPSA) is 22.1 Å². The fourth-order valence-electron chi connectivity index (χ4n) is 3.59. The van der Waals surface area contributed by atoms with Gasteiger partial charge >= 0.3 is 0 Å². The van der Waals surface area contributed by atoms with Gasteiger partial charge in [-0.2, -0.15) is 0 Å². The zero-order valence-electron chi connectivity index (χ0n) is 16.7. The molecule has 0 aliphatic rings. The highest BCUT2D eigenvalue weighted by Gasteiger charge is 2.08. The Labute approximate surface area is 166 Å². The molecule has 0 unspecified atom stereocenters. The van der Waals surface area contributed by atoms with Crippen LogP contribution in [-0.2, 0) is 6.42 Å². The first-order valence-electron chi connectivity index (χ1n) is 9.92. The number of aryl methyl sites for hydroxylation is 2. The summed E-state index contributed by atoms with van der Waals surface area (Å²) in [7, 11) is 0. The molecule has 0 spiro atoms. The SMILES string of the molecule is CCOc1ccc(-c2ccc(-c3cc(CC)c4cc(C)ccc4n3)cc2)cc1. The van der Waals surface area contributed by atoms with Crippen molar-refractivity contribution >= 4 is 10.9 Å². The molecule has 0 saturated carbocycles. The van der Waals surface area contributed by atoms with Crippen molar-refractivity contribution in [3.63, 3.8) is 0 Å². The van der Waals surface area contributed by atoms with Gasteiger partial charge in [0.1, 0.15) is 5.75 Å². The van der Waals surface area contributed by atoms with Gasteiger partial charge in [-0.3, -0.25) is 0 Å². The molecule has 4 rings (SSSR count). The first kappa shape index (κ1) is 18.2. The Bertz CT molecular complexity index is 1100. The van der Waals surface area contributed by atoms with Crippen LogP contribution in [0.2, 0.25) is 0 Å². The Morgan fingerprint density at radius 1 is 0.750 bits per heavy atom. The Kier molecular flexibility index (Phi) is 5.12. The third-order valence-electron chi connectivity index (χ3n) is 5.11. The van der Waals surface area contributed by atoms with E-state index in [0.29, 0.717) is 6.61 Å². The van der Waals surface area contributed by atoms with E-state index in [4.69, 9.17) is 9.72 Å². The van der Waals surface area contributed by atoms with E-state index in [0.717, 1.165) is 28.9 Å². The predicted octanol–water partition coefficient (Wildman–Crippen LogP) is 6.84. The van der Waals surface area contributed by atoms with Gasteiger partial charge in [-0.1, -0.05) is 55.0 Å². The second kappa shape index (κ2) is 7.85. The minimum absolute atomic E-state index is 0.687. The highest BCUT2D eigenvalue weighted by molar-refractivity contribution is 5.86. The highest BCUT2D eigenvalue weighted by atomic mass is 16.5. The molecule has 0 N–H and O–H groups in total. The van der Waals surface area contributed by atoms with Crippen molar-refractivity contribution < 1.29 is 4.74 Å². The summed E-state index contributed by atoms with van der Waals surface area (Å²) < 4.78 is 5.53. The predicted molar refractivity (Wildman–Crippen MR) is 118 cm³/mol. The zero-order valence-corrected chi connectivity index (χ0v) is 16.7. The minimum atomic E-state index is 0.687. The second-order valence-electron chi connectivity index (χ2n) is 7.08. The molecule has 0 amide bonds. The van der Waals surface area contributed by atoms with Crippen LogP contribution in [0.4, 0.5) is 0 Å². The van der Waals surface area contributed by atoms with E-state index in [1.165, 1.54) is 27.6 Å². The number of ether oxygens (including phenoxy) is 1. The smallest absolute Gasteiger partial charge is 0.119 e. The van der Waals surface area contributed by atoms with E-state index in [1.807, 2.05) is 19.1 Å². The van der Waals surface area contributed by atoms with E-state index in [2.05, 4.69) is 74.5 Å². The molecule has 4 aromatic rings. The van der Waals surface area contributed by atoms with E-state index in [9.17, 15) is 0 Å². The van der Waals surface area contributed by atoms with Crippen LogP contribution in [0.5, 0.6) is 5.75 Å². The number of hydrogen-bond donors (Lipinski definition) is 0. The lowest BCUT2D eigenvalue weighted by atomic mass is 9.99. The molecule has 140 valence electrons. The van der Waals surface area contributed by atoms with Gasteiger partial charge in [0.25, 0.3) is 0 Å². The summed E-state index contributed by atoms with van der Waals surface area (Å²) in [6, 6.07) is 25.6. The molecule has 2 heteroatoms. The van der Waals surface area contributed by atoms with Crippen LogP contribution >= 0.6 is 0 Å². The number of benzene rings is 3. The molecule has 28 heavy (non-hydrogen) atoms. The summed E-state index contributed by atoms with van der Waals surface area (Å²) in [6.45, 7) is 7.02. The molecule has 0 saturated heterocycles. The maximum Gasteiger partial charge on any atom is 0.119 e. The molecule has 0 aliphatic carbocycles. The van der Waals surface area contributed by atoms with Crippen LogP contribution in [0.15, 0.2) is 72.8 Å². The molecule has 0 atom stereocenters. The number of nitrogens with zero attached hydrogens (tertiary/aromatic N) is 1. The van der Waals surface area contributed by atoms with Crippen molar-refractivity contribution in [3.8, 4) is 28.1 Å². The first-order chi connectivity index (χ1) is 13.7. The number of fused-ring (bicyclic) bond motifs is 1. The van der Waals surface area contributed by atoms with Crippen LogP contribution < -0.4 is 4.74 Å². The van der Waals surface area contributed by atoms with E-state index in [-0.39, 0.29) is 0 Å². The molecule has 1 heterocycles. The van der Waals surface area contributed by atoms with Crippen LogP contribution in [0.25, 0.3) is 33.3 Å². The Hall–Kier alpha value is -3.13. The van der Waals surface area contributed by atoms with Crippen LogP contribution in [0.1, 0.15) is 25.0 Å². The average molecular weight is 367 g/mol. The van der Waals surface area contributed by atoms with Crippen molar-refractivity contribution in [3.05, 3.63) is 83.9 Å². The van der Waals surface area contributed by atoms with Gasteiger partial charge in [0.15, 0.2) is 0 Å². The van der Waals surface area contributed by atoms with Gasteiger partial charge in [0.05, 0.1) is 17.8 Å². The summed E-state index contributed by atoms with van der Waals surface area (Å²) >= 11 is 0. The molecule has 1 aromatic heterocycles. The molecule has 0 radical (unpaired) electrons. The van der Waals surface area contributed by atoms with Crippen LogP contribution in [-0.4, -0.2) is 11.6 Å². The fourth-order valence-corrected chi connectivity index (χ4v) is 3.59. The van der Waals surface area contributed by atoms with E-state index < -0.39 is 0 Å². The monoisotopic (exact) mass is 367 g/mol. The average Bonchev–Trinajstić information content (AvgIpc) is 2.74. The molecule has 0 aliphatic heterocycles.